The van der Waals surface area contributed by atoms with Crippen LogP contribution >= 0.6 is 0 Å². The molecule has 0 unspecified atom stereocenters. The SMILES string of the molecule is Nc1nc2c(ncn2OC[C@H](O)CO)c(=O)[nH]1. The molecular formula is C8H11N5O4. The number of aromatic nitrogens is 4. The van der Waals surface area contributed by atoms with E-state index in [2.05, 4.69) is 15.0 Å². The van der Waals surface area contributed by atoms with Crippen molar-refractivity contribution in [1.82, 2.24) is 19.7 Å². The summed E-state index contributed by atoms with van der Waals surface area (Å²) in [4.78, 5) is 26.4. The molecule has 0 amide bonds. The molecule has 0 spiro atoms. The summed E-state index contributed by atoms with van der Waals surface area (Å²) in [5, 5.41) is 17.7. The van der Waals surface area contributed by atoms with E-state index in [0.717, 1.165) is 4.73 Å². The van der Waals surface area contributed by atoms with E-state index in [0.29, 0.717) is 0 Å². The molecule has 5 N–H and O–H groups in total. The van der Waals surface area contributed by atoms with Gasteiger partial charge >= 0.3 is 0 Å². The predicted molar refractivity (Wildman–Crippen MR) is 57.1 cm³/mol. The van der Waals surface area contributed by atoms with Gasteiger partial charge in [0.15, 0.2) is 5.52 Å². The number of aromatic amines is 1. The third-order valence-electron chi connectivity index (χ3n) is 2.01. The van der Waals surface area contributed by atoms with Crippen LogP contribution in [0.25, 0.3) is 11.2 Å². The number of rotatable bonds is 4. The van der Waals surface area contributed by atoms with Gasteiger partial charge in [-0.25, -0.2) is 4.98 Å². The smallest absolute Gasteiger partial charge is 0.280 e. The van der Waals surface area contributed by atoms with Gasteiger partial charge in [0.1, 0.15) is 19.0 Å². The minimum absolute atomic E-state index is 0.0597. The topological polar surface area (TPSA) is 139 Å². The van der Waals surface area contributed by atoms with Crippen molar-refractivity contribution in [3.05, 3.63) is 16.7 Å². The van der Waals surface area contributed by atoms with Crippen LogP contribution < -0.4 is 16.1 Å². The van der Waals surface area contributed by atoms with Crippen molar-refractivity contribution in [2.45, 2.75) is 6.10 Å². The van der Waals surface area contributed by atoms with Crippen LogP contribution in [0.2, 0.25) is 0 Å². The molecule has 0 aliphatic heterocycles. The second-order valence-corrected chi connectivity index (χ2v) is 3.33. The molecule has 9 heteroatoms. The average Bonchev–Trinajstić information content (AvgIpc) is 2.69. The van der Waals surface area contributed by atoms with Crippen LogP contribution in [0, 0.1) is 0 Å². The lowest BCUT2D eigenvalue weighted by molar-refractivity contribution is 0.00239. The fraction of sp³-hybridized carbons (Fsp3) is 0.375. The first kappa shape index (κ1) is 11.4. The zero-order valence-corrected chi connectivity index (χ0v) is 8.70. The number of anilines is 1. The van der Waals surface area contributed by atoms with Crippen molar-refractivity contribution >= 4 is 17.1 Å². The van der Waals surface area contributed by atoms with Crippen molar-refractivity contribution < 1.29 is 15.1 Å². The second-order valence-electron chi connectivity index (χ2n) is 3.33. The highest BCUT2D eigenvalue weighted by molar-refractivity contribution is 5.69. The molecule has 0 bridgehead atoms. The Morgan fingerprint density at radius 1 is 1.65 bits per heavy atom. The van der Waals surface area contributed by atoms with Crippen molar-refractivity contribution in [3.8, 4) is 0 Å². The van der Waals surface area contributed by atoms with Gasteiger partial charge < -0.3 is 20.8 Å². The summed E-state index contributed by atoms with van der Waals surface area (Å²) in [6.45, 7) is -0.584. The largest absolute Gasteiger partial charge is 0.408 e. The number of nitrogen functional groups attached to an aromatic ring is 1. The molecular weight excluding hydrogens is 230 g/mol. The highest BCUT2D eigenvalue weighted by atomic mass is 16.7. The maximum atomic E-state index is 11.4. The van der Waals surface area contributed by atoms with Crippen LogP contribution in [0.5, 0.6) is 0 Å². The Labute approximate surface area is 94.4 Å². The zero-order valence-electron chi connectivity index (χ0n) is 8.70. The summed E-state index contributed by atoms with van der Waals surface area (Å²) < 4.78 is 1.11. The Morgan fingerprint density at radius 2 is 2.41 bits per heavy atom. The monoisotopic (exact) mass is 241 g/mol. The van der Waals surface area contributed by atoms with Crippen LogP contribution in [0.15, 0.2) is 11.1 Å². The quantitative estimate of drug-likeness (QED) is 0.463. The van der Waals surface area contributed by atoms with Gasteiger partial charge in [0, 0.05) is 0 Å². The second kappa shape index (κ2) is 4.39. The summed E-state index contributed by atoms with van der Waals surface area (Å²) in [5.74, 6) is -0.0597. The van der Waals surface area contributed by atoms with Gasteiger partial charge in [-0.2, -0.15) is 9.71 Å². The van der Waals surface area contributed by atoms with E-state index in [9.17, 15) is 4.79 Å². The van der Waals surface area contributed by atoms with Gasteiger partial charge in [0.05, 0.1) is 6.61 Å². The van der Waals surface area contributed by atoms with Crippen molar-refractivity contribution in [1.29, 1.82) is 0 Å². The molecule has 2 rings (SSSR count). The molecule has 17 heavy (non-hydrogen) atoms. The van der Waals surface area contributed by atoms with E-state index < -0.39 is 18.3 Å². The van der Waals surface area contributed by atoms with Gasteiger partial charge in [0.25, 0.3) is 5.56 Å². The molecule has 0 aliphatic rings. The first-order chi connectivity index (χ1) is 8.11. The minimum atomic E-state index is -1.02. The van der Waals surface area contributed by atoms with Gasteiger partial charge in [-0.3, -0.25) is 9.78 Å². The highest BCUT2D eigenvalue weighted by Gasteiger charge is 2.11. The lowest BCUT2D eigenvalue weighted by atomic mass is 10.4. The summed E-state index contributed by atoms with van der Waals surface area (Å²) in [5.41, 5.74) is 5.14. The number of H-pyrrole nitrogens is 1. The van der Waals surface area contributed by atoms with E-state index in [4.69, 9.17) is 20.8 Å². The number of hydrogen-bond donors (Lipinski definition) is 4. The van der Waals surface area contributed by atoms with Crippen LogP contribution in [-0.2, 0) is 0 Å². The Morgan fingerprint density at radius 3 is 3.12 bits per heavy atom. The summed E-state index contributed by atoms with van der Waals surface area (Å²) in [6, 6.07) is 0. The van der Waals surface area contributed by atoms with Crippen molar-refractivity contribution in [2.24, 2.45) is 0 Å². The number of hydrogen-bond acceptors (Lipinski definition) is 7. The molecule has 92 valence electrons. The van der Waals surface area contributed by atoms with Crippen LogP contribution in [0.4, 0.5) is 5.95 Å². The van der Waals surface area contributed by atoms with Crippen molar-refractivity contribution in [3.63, 3.8) is 0 Å². The molecule has 1 atom stereocenters. The van der Waals surface area contributed by atoms with E-state index in [1.54, 1.807) is 0 Å². The predicted octanol–water partition coefficient (Wildman–Crippen LogP) is -2.52. The molecule has 2 heterocycles. The van der Waals surface area contributed by atoms with E-state index in [1.165, 1.54) is 6.33 Å². The number of aliphatic hydroxyl groups excluding tert-OH is 2. The van der Waals surface area contributed by atoms with E-state index >= 15 is 0 Å². The lowest BCUT2D eigenvalue weighted by Gasteiger charge is -2.09. The maximum absolute atomic E-state index is 11.4. The highest BCUT2D eigenvalue weighted by Crippen LogP contribution is 2.04. The molecule has 9 nitrogen and oxygen atoms in total. The van der Waals surface area contributed by atoms with Crippen molar-refractivity contribution in [2.75, 3.05) is 18.9 Å². The third-order valence-corrected chi connectivity index (χ3v) is 2.01. The summed E-state index contributed by atoms with van der Waals surface area (Å²) in [7, 11) is 0. The summed E-state index contributed by atoms with van der Waals surface area (Å²) in [6.07, 6.45) is 0.211. The number of nitrogens with zero attached hydrogens (tertiary/aromatic N) is 3. The molecule has 2 aromatic rings. The Balaban J connectivity index is 2.33. The molecule has 0 aliphatic carbocycles. The van der Waals surface area contributed by atoms with Crippen LogP contribution in [0.1, 0.15) is 0 Å². The molecule has 0 fully saturated rings. The standard InChI is InChI=1S/C8H11N5O4/c9-8-11-6-5(7(16)12-8)10-3-13(6)17-2-4(15)1-14/h3-4,14-15H,1-2H2,(H3,9,11,12,16)/t4-/m1/s1. The number of fused-ring (bicyclic) bond motifs is 1. The number of imidazole rings is 1. The first-order valence-electron chi connectivity index (χ1n) is 4.77. The van der Waals surface area contributed by atoms with E-state index in [1.807, 2.05) is 0 Å². The first-order valence-corrected chi connectivity index (χ1v) is 4.77. The molecule has 2 aromatic heterocycles. The molecule has 0 aromatic carbocycles. The lowest BCUT2D eigenvalue weighted by Crippen LogP contribution is -2.26. The molecule has 0 saturated heterocycles. The Hall–Kier alpha value is -2.13. The minimum Gasteiger partial charge on any atom is -0.408 e. The third kappa shape index (κ3) is 2.19. The molecule has 0 radical (unpaired) electrons. The zero-order chi connectivity index (χ0) is 12.4. The summed E-state index contributed by atoms with van der Waals surface area (Å²) >= 11 is 0. The van der Waals surface area contributed by atoms with Gasteiger partial charge in [-0.05, 0) is 0 Å². The fourth-order valence-electron chi connectivity index (χ4n) is 1.22. The Bertz CT molecular complexity index is 577. The van der Waals surface area contributed by atoms with Gasteiger partial charge in [-0.15, -0.1) is 0 Å². The Kier molecular flexibility index (Phi) is 2.93. The normalized spacial score (nSPS) is 12.8. The number of nitrogens with two attached hydrogens (primary N) is 1. The van der Waals surface area contributed by atoms with Gasteiger partial charge in [-0.1, -0.05) is 0 Å². The van der Waals surface area contributed by atoms with Crippen LogP contribution in [0.3, 0.4) is 0 Å². The maximum Gasteiger partial charge on any atom is 0.280 e. The van der Waals surface area contributed by atoms with Gasteiger partial charge in [0.2, 0.25) is 11.6 Å². The van der Waals surface area contributed by atoms with Crippen LogP contribution in [-0.4, -0.2) is 49.2 Å². The van der Waals surface area contributed by atoms with E-state index in [-0.39, 0.29) is 23.7 Å². The fourth-order valence-corrected chi connectivity index (χ4v) is 1.22. The average molecular weight is 241 g/mol. The number of nitrogens with one attached hydrogen (secondary N) is 1. The number of aliphatic hydroxyl groups is 2. The molecule has 0 saturated carbocycles.